The van der Waals surface area contributed by atoms with E-state index in [0.717, 1.165) is 11.1 Å². The number of hydrogen-bond donors (Lipinski definition) is 1. The molecule has 106 valence electrons. The largest absolute Gasteiger partial charge is 0.392 e. The molecule has 1 N–H and O–H groups in total. The quantitative estimate of drug-likeness (QED) is 0.791. The van der Waals surface area contributed by atoms with E-state index in [-0.39, 0.29) is 5.82 Å². The predicted octanol–water partition coefficient (Wildman–Crippen LogP) is 5.04. The standard InChI is InChI=1S/C15H12BrCl2FO/c16-14-8-12(19)4-2-9(14)5-13(20)6-10-1-3-11(17)7-15(10)18/h1-4,7-8,13,20H,5-6H2. The molecule has 0 aliphatic heterocycles. The molecule has 2 aromatic rings. The Balaban J connectivity index is 2.07. The summed E-state index contributed by atoms with van der Waals surface area (Å²) in [5.74, 6) is -0.309. The number of rotatable bonds is 4. The van der Waals surface area contributed by atoms with Gasteiger partial charge in [0, 0.05) is 20.9 Å². The molecule has 0 radical (unpaired) electrons. The van der Waals surface area contributed by atoms with Gasteiger partial charge in [0.05, 0.1) is 6.10 Å². The van der Waals surface area contributed by atoms with Gasteiger partial charge in [-0.05, 0) is 41.8 Å². The van der Waals surface area contributed by atoms with Crippen LogP contribution in [0, 0.1) is 5.82 Å². The number of aliphatic hydroxyl groups is 1. The summed E-state index contributed by atoms with van der Waals surface area (Å²) in [7, 11) is 0. The maximum Gasteiger partial charge on any atom is 0.124 e. The minimum Gasteiger partial charge on any atom is -0.392 e. The summed E-state index contributed by atoms with van der Waals surface area (Å²) < 4.78 is 13.7. The Morgan fingerprint density at radius 3 is 2.35 bits per heavy atom. The molecule has 1 atom stereocenters. The predicted molar refractivity (Wildman–Crippen MR) is 84.0 cm³/mol. The first kappa shape index (κ1) is 15.8. The van der Waals surface area contributed by atoms with E-state index in [2.05, 4.69) is 15.9 Å². The normalized spacial score (nSPS) is 12.4. The molecule has 0 aliphatic carbocycles. The fraction of sp³-hybridized carbons (Fsp3) is 0.200. The highest BCUT2D eigenvalue weighted by Gasteiger charge is 2.12. The van der Waals surface area contributed by atoms with Crippen molar-refractivity contribution >= 4 is 39.1 Å². The Kier molecular flexibility index (Phi) is 5.44. The molecule has 0 aliphatic rings. The monoisotopic (exact) mass is 376 g/mol. The van der Waals surface area contributed by atoms with Gasteiger partial charge in [-0.1, -0.05) is 51.3 Å². The number of halogens is 4. The third-order valence-corrected chi connectivity index (χ3v) is 4.27. The van der Waals surface area contributed by atoms with Crippen molar-refractivity contribution < 1.29 is 9.50 Å². The van der Waals surface area contributed by atoms with Crippen LogP contribution < -0.4 is 0 Å². The summed E-state index contributed by atoms with van der Waals surface area (Å²) in [5.41, 5.74) is 1.69. The SMILES string of the molecule is OC(Cc1ccc(Cl)cc1Cl)Cc1ccc(F)cc1Br. The highest BCUT2D eigenvalue weighted by Crippen LogP contribution is 2.24. The molecular weight excluding hydrogens is 366 g/mol. The van der Waals surface area contributed by atoms with Crippen LogP contribution in [-0.2, 0) is 12.8 Å². The zero-order valence-corrected chi connectivity index (χ0v) is 13.5. The maximum absolute atomic E-state index is 13.0. The first-order valence-corrected chi connectivity index (χ1v) is 7.56. The lowest BCUT2D eigenvalue weighted by Gasteiger charge is -2.13. The molecule has 0 spiro atoms. The fourth-order valence-electron chi connectivity index (χ4n) is 1.95. The Morgan fingerprint density at radius 1 is 1.05 bits per heavy atom. The van der Waals surface area contributed by atoms with Crippen molar-refractivity contribution in [3.63, 3.8) is 0 Å². The molecule has 0 amide bonds. The molecule has 2 rings (SSSR count). The zero-order chi connectivity index (χ0) is 14.7. The van der Waals surface area contributed by atoms with Gasteiger partial charge in [-0.2, -0.15) is 0 Å². The average Bonchev–Trinajstić information content (AvgIpc) is 2.36. The lowest BCUT2D eigenvalue weighted by Crippen LogP contribution is -2.14. The summed E-state index contributed by atoms with van der Waals surface area (Å²) in [6.45, 7) is 0. The highest BCUT2D eigenvalue weighted by molar-refractivity contribution is 9.10. The van der Waals surface area contributed by atoms with Gasteiger partial charge >= 0.3 is 0 Å². The molecule has 2 aromatic carbocycles. The van der Waals surface area contributed by atoms with Crippen LogP contribution >= 0.6 is 39.1 Å². The molecule has 0 fully saturated rings. The van der Waals surface area contributed by atoms with Crippen LogP contribution in [0.15, 0.2) is 40.9 Å². The van der Waals surface area contributed by atoms with Gasteiger partial charge in [0.15, 0.2) is 0 Å². The van der Waals surface area contributed by atoms with Crippen molar-refractivity contribution in [2.45, 2.75) is 18.9 Å². The van der Waals surface area contributed by atoms with Crippen molar-refractivity contribution in [2.24, 2.45) is 0 Å². The summed E-state index contributed by atoms with van der Waals surface area (Å²) in [6, 6.07) is 9.61. The lowest BCUT2D eigenvalue weighted by molar-refractivity contribution is 0.175. The second-order valence-corrected chi connectivity index (χ2v) is 6.23. The Bertz CT molecular complexity index is 565. The van der Waals surface area contributed by atoms with Crippen molar-refractivity contribution in [2.75, 3.05) is 0 Å². The first-order valence-electron chi connectivity index (χ1n) is 6.01. The highest BCUT2D eigenvalue weighted by atomic mass is 79.9. The summed E-state index contributed by atoms with van der Waals surface area (Å²) >= 11 is 15.2. The zero-order valence-electron chi connectivity index (χ0n) is 10.4. The Hall–Kier alpha value is -0.610. The maximum atomic E-state index is 13.0. The van der Waals surface area contributed by atoms with Crippen LogP contribution in [0.4, 0.5) is 4.39 Å². The van der Waals surface area contributed by atoms with Gasteiger partial charge in [-0.15, -0.1) is 0 Å². The second kappa shape index (κ2) is 6.90. The number of aliphatic hydroxyl groups excluding tert-OH is 1. The molecule has 1 nitrogen and oxygen atoms in total. The molecule has 5 heteroatoms. The first-order chi connectivity index (χ1) is 9.45. The van der Waals surface area contributed by atoms with E-state index < -0.39 is 6.10 Å². The summed E-state index contributed by atoms with van der Waals surface area (Å²) in [4.78, 5) is 0. The van der Waals surface area contributed by atoms with Crippen LogP contribution in [0.3, 0.4) is 0 Å². The molecular formula is C15H12BrCl2FO. The Morgan fingerprint density at radius 2 is 1.70 bits per heavy atom. The smallest absolute Gasteiger partial charge is 0.124 e. The van der Waals surface area contributed by atoms with E-state index in [1.165, 1.54) is 12.1 Å². The van der Waals surface area contributed by atoms with E-state index in [0.29, 0.717) is 27.4 Å². The van der Waals surface area contributed by atoms with Crippen molar-refractivity contribution in [3.8, 4) is 0 Å². The summed E-state index contributed by atoms with van der Waals surface area (Å²) in [5, 5.41) is 11.2. The van der Waals surface area contributed by atoms with Gasteiger partial charge in [0.25, 0.3) is 0 Å². The Labute approximate surface area is 135 Å². The third-order valence-electron chi connectivity index (χ3n) is 2.94. The van der Waals surface area contributed by atoms with Gasteiger partial charge in [-0.25, -0.2) is 4.39 Å². The van der Waals surface area contributed by atoms with Crippen LogP contribution in [0.25, 0.3) is 0 Å². The molecule has 20 heavy (non-hydrogen) atoms. The minimum absolute atomic E-state index is 0.309. The van der Waals surface area contributed by atoms with Gasteiger partial charge < -0.3 is 5.11 Å². The molecule has 0 heterocycles. The minimum atomic E-state index is -0.601. The van der Waals surface area contributed by atoms with Crippen LogP contribution in [-0.4, -0.2) is 11.2 Å². The summed E-state index contributed by atoms with van der Waals surface area (Å²) in [6.07, 6.45) is 0.232. The molecule has 0 aromatic heterocycles. The second-order valence-electron chi connectivity index (χ2n) is 4.53. The third kappa shape index (κ3) is 4.19. The van der Waals surface area contributed by atoms with E-state index in [1.807, 2.05) is 0 Å². The van der Waals surface area contributed by atoms with E-state index in [9.17, 15) is 9.50 Å². The van der Waals surface area contributed by atoms with Gasteiger partial charge in [-0.3, -0.25) is 0 Å². The van der Waals surface area contributed by atoms with Gasteiger partial charge in [0.1, 0.15) is 5.82 Å². The van der Waals surface area contributed by atoms with Gasteiger partial charge in [0.2, 0.25) is 0 Å². The van der Waals surface area contributed by atoms with E-state index in [1.54, 1.807) is 24.3 Å². The molecule has 1 unspecified atom stereocenters. The van der Waals surface area contributed by atoms with Crippen molar-refractivity contribution in [3.05, 3.63) is 67.9 Å². The molecule has 0 saturated heterocycles. The van der Waals surface area contributed by atoms with Crippen molar-refractivity contribution in [1.82, 2.24) is 0 Å². The lowest BCUT2D eigenvalue weighted by atomic mass is 10.0. The van der Waals surface area contributed by atoms with Crippen LogP contribution in [0.1, 0.15) is 11.1 Å². The average molecular weight is 378 g/mol. The van der Waals surface area contributed by atoms with E-state index in [4.69, 9.17) is 23.2 Å². The van der Waals surface area contributed by atoms with Crippen LogP contribution in [0.2, 0.25) is 10.0 Å². The van der Waals surface area contributed by atoms with Crippen LogP contribution in [0.5, 0.6) is 0 Å². The fourth-order valence-corrected chi connectivity index (χ4v) is 2.95. The molecule has 0 saturated carbocycles. The number of hydrogen-bond acceptors (Lipinski definition) is 1. The van der Waals surface area contributed by atoms with Crippen molar-refractivity contribution in [1.29, 1.82) is 0 Å². The molecule has 0 bridgehead atoms. The van der Waals surface area contributed by atoms with E-state index >= 15 is 0 Å². The number of benzene rings is 2. The topological polar surface area (TPSA) is 20.2 Å².